The van der Waals surface area contributed by atoms with E-state index in [1.54, 1.807) is 25.4 Å². The van der Waals surface area contributed by atoms with E-state index in [1.165, 1.54) is 0 Å². The molecule has 0 aliphatic rings. The molecule has 0 unspecified atom stereocenters. The van der Waals surface area contributed by atoms with Crippen molar-refractivity contribution in [3.63, 3.8) is 0 Å². The summed E-state index contributed by atoms with van der Waals surface area (Å²) in [4.78, 5) is 16.1. The van der Waals surface area contributed by atoms with E-state index in [2.05, 4.69) is 15.6 Å². The average Bonchev–Trinajstić information content (AvgIpc) is 2.59. The van der Waals surface area contributed by atoms with Crippen LogP contribution in [0.15, 0.2) is 42.6 Å². The van der Waals surface area contributed by atoms with E-state index in [1.807, 2.05) is 31.2 Å². The number of aromatic nitrogens is 1. The number of benzene rings is 1. The first-order valence-corrected chi connectivity index (χ1v) is 7.48. The Morgan fingerprint density at radius 2 is 2.09 bits per heavy atom. The van der Waals surface area contributed by atoms with Gasteiger partial charge in [0.25, 0.3) is 0 Å². The van der Waals surface area contributed by atoms with Crippen molar-refractivity contribution >= 4 is 11.7 Å². The second-order valence-electron chi connectivity index (χ2n) is 4.86. The zero-order valence-corrected chi connectivity index (χ0v) is 13.3. The number of amides is 2. The Balaban J connectivity index is 1.92. The highest BCUT2D eigenvalue weighted by Crippen LogP contribution is 2.23. The third kappa shape index (κ3) is 5.18. The molecule has 2 rings (SSSR count). The van der Waals surface area contributed by atoms with Gasteiger partial charge in [-0.2, -0.15) is 0 Å². The van der Waals surface area contributed by atoms with Gasteiger partial charge in [-0.25, -0.2) is 9.78 Å². The SMILES string of the molecule is CCCOc1ccccc1NC(=O)NCc1ccnc(OC)c1. The van der Waals surface area contributed by atoms with Gasteiger partial charge >= 0.3 is 6.03 Å². The Morgan fingerprint density at radius 1 is 1.26 bits per heavy atom. The molecule has 0 fully saturated rings. The molecule has 0 spiro atoms. The maximum Gasteiger partial charge on any atom is 0.319 e. The first-order valence-electron chi connectivity index (χ1n) is 7.48. The number of para-hydroxylation sites is 2. The minimum Gasteiger partial charge on any atom is -0.491 e. The molecule has 0 aliphatic carbocycles. The molecule has 1 aromatic heterocycles. The van der Waals surface area contributed by atoms with Gasteiger partial charge in [-0.15, -0.1) is 0 Å². The molecule has 6 nitrogen and oxygen atoms in total. The van der Waals surface area contributed by atoms with Crippen LogP contribution < -0.4 is 20.1 Å². The van der Waals surface area contributed by atoms with Crippen LogP contribution >= 0.6 is 0 Å². The lowest BCUT2D eigenvalue weighted by molar-refractivity contribution is 0.251. The van der Waals surface area contributed by atoms with Crippen molar-refractivity contribution in [1.82, 2.24) is 10.3 Å². The van der Waals surface area contributed by atoms with Crippen LogP contribution in [0, 0.1) is 0 Å². The summed E-state index contributed by atoms with van der Waals surface area (Å²) in [5.41, 5.74) is 1.55. The number of ether oxygens (including phenoxy) is 2. The van der Waals surface area contributed by atoms with Gasteiger partial charge in [0.1, 0.15) is 5.75 Å². The number of anilines is 1. The van der Waals surface area contributed by atoms with Crippen LogP contribution in [0.2, 0.25) is 0 Å². The highest BCUT2D eigenvalue weighted by Gasteiger charge is 2.07. The molecule has 0 saturated heterocycles. The summed E-state index contributed by atoms with van der Waals surface area (Å²) in [6, 6.07) is 10.7. The minimum atomic E-state index is -0.298. The fourth-order valence-electron chi connectivity index (χ4n) is 1.93. The summed E-state index contributed by atoms with van der Waals surface area (Å²) in [6.07, 6.45) is 2.55. The second-order valence-corrected chi connectivity index (χ2v) is 4.86. The van der Waals surface area contributed by atoms with E-state index < -0.39 is 0 Å². The molecule has 0 aliphatic heterocycles. The summed E-state index contributed by atoms with van der Waals surface area (Å²) < 4.78 is 10.7. The maximum atomic E-state index is 12.0. The molecule has 2 amide bonds. The van der Waals surface area contributed by atoms with Crippen molar-refractivity contribution in [3.8, 4) is 11.6 Å². The van der Waals surface area contributed by atoms with Crippen molar-refractivity contribution in [2.24, 2.45) is 0 Å². The van der Waals surface area contributed by atoms with Gasteiger partial charge in [0.2, 0.25) is 5.88 Å². The first kappa shape index (κ1) is 16.6. The normalized spacial score (nSPS) is 10.0. The summed E-state index contributed by atoms with van der Waals surface area (Å²) in [5, 5.41) is 5.59. The van der Waals surface area contributed by atoms with Gasteiger partial charge in [0.05, 0.1) is 19.4 Å². The van der Waals surface area contributed by atoms with E-state index in [0.717, 1.165) is 12.0 Å². The topological polar surface area (TPSA) is 72.5 Å². The third-order valence-corrected chi connectivity index (χ3v) is 3.06. The van der Waals surface area contributed by atoms with Crippen molar-refractivity contribution in [2.45, 2.75) is 19.9 Å². The van der Waals surface area contributed by atoms with Gasteiger partial charge in [0, 0.05) is 18.8 Å². The van der Waals surface area contributed by atoms with E-state index in [9.17, 15) is 4.79 Å². The molecule has 0 radical (unpaired) electrons. The molecule has 0 atom stereocenters. The predicted octanol–water partition coefficient (Wildman–Crippen LogP) is 3.20. The molecule has 2 N–H and O–H groups in total. The van der Waals surface area contributed by atoms with E-state index in [0.29, 0.717) is 30.5 Å². The standard InChI is InChI=1S/C17H21N3O3/c1-3-10-23-15-7-5-4-6-14(15)20-17(21)19-12-13-8-9-18-16(11-13)22-2/h4-9,11H,3,10,12H2,1-2H3,(H2,19,20,21). The molecule has 0 saturated carbocycles. The molecular weight excluding hydrogens is 294 g/mol. The van der Waals surface area contributed by atoms with Crippen LogP contribution in [0.5, 0.6) is 11.6 Å². The van der Waals surface area contributed by atoms with E-state index in [-0.39, 0.29) is 6.03 Å². The van der Waals surface area contributed by atoms with Crippen molar-refractivity contribution in [3.05, 3.63) is 48.2 Å². The first-order chi connectivity index (χ1) is 11.2. The van der Waals surface area contributed by atoms with Gasteiger partial charge in [-0.1, -0.05) is 19.1 Å². The van der Waals surface area contributed by atoms with Crippen LogP contribution in [-0.2, 0) is 6.54 Å². The Hall–Kier alpha value is -2.76. The lowest BCUT2D eigenvalue weighted by atomic mass is 10.2. The summed E-state index contributed by atoms with van der Waals surface area (Å²) in [7, 11) is 1.56. The number of rotatable bonds is 7. The van der Waals surface area contributed by atoms with Crippen LogP contribution in [0.25, 0.3) is 0 Å². The van der Waals surface area contributed by atoms with E-state index in [4.69, 9.17) is 9.47 Å². The quantitative estimate of drug-likeness (QED) is 0.823. The van der Waals surface area contributed by atoms with Crippen LogP contribution in [0.3, 0.4) is 0 Å². The van der Waals surface area contributed by atoms with Crippen LogP contribution in [0.1, 0.15) is 18.9 Å². The van der Waals surface area contributed by atoms with Crippen molar-refractivity contribution < 1.29 is 14.3 Å². The second kappa shape index (κ2) is 8.63. The van der Waals surface area contributed by atoms with Gasteiger partial charge in [-0.3, -0.25) is 0 Å². The Morgan fingerprint density at radius 3 is 2.87 bits per heavy atom. The lowest BCUT2D eigenvalue weighted by Crippen LogP contribution is -2.28. The zero-order chi connectivity index (χ0) is 16.5. The Kier molecular flexibility index (Phi) is 6.23. The number of nitrogens with zero attached hydrogens (tertiary/aromatic N) is 1. The van der Waals surface area contributed by atoms with E-state index >= 15 is 0 Å². The van der Waals surface area contributed by atoms with Gasteiger partial charge < -0.3 is 20.1 Å². The number of nitrogens with one attached hydrogen (secondary N) is 2. The molecule has 0 bridgehead atoms. The highest BCUT2D eigenvalue weighted by molar-refractivity contribution is 5.90. The summed E-state index contributed by atoms with van der Waals surface area (Å²) >= 11 is 0. The third-order valence-electron chi connectivity index (χ3n) is 3.06. The monoisotopic (exact) mass is 315 g/mol. The van der Waals surface area contributed by atoms with Crippen LogP contribution in [-0.4, -0.2) is 24.7 Å². The predicted molar refractivity (Wildman–Crippen MR) is 88.9 cm³/mol. The largest absolute Gasteiger partial charge is 0.491 e. The van der Waals surface area contributed by atoms with Crippen LogP contribution in [0.4, 0.5) is 10.5 Å². The fraction of sp³-hybridized carbons (Fsp3) is 0.294. The molecule has 1 aromatic carbocycles. The highest BCUT2D eigenvalue weighted by atomic mass is 16.5. The molecule has 6 heteroatoms. The van der Waals surface area contributed by atoms with Crippen molar-refractivity contribution in [2.75, 3.05) is 19.0 Å². The van der Waals surface area contributed by atoms with Gasteiger partial charge in [0.15, 0.2) is 0 Å². The molecule has 23 heavy (non-hydrogen) atoms. The number of hydrogen-bond acceptors (Lipinski definition) is 4. The minimum absolute atomic E-state index is 0.298. The Labute approximate surface area is 135 Å². The molecular formula is C17H21N3O3. The zero-order valence-electron chi connectivity index (χ0n) is 13.3. The number of carbonyl (C=O) groups is 1. The fourth-order valence-corrected chi connectivity index (χ4v) is 1.93. The summed E-state index contributed by atoms with van der Waals surface area (Å²) in [6.45, 7) is 3.02. The maximum absolute atomic E-state index is 12.0. The number of hydrogen-bond donors (Lipinski definition) is 2. The Bertz CT molecular complexity index is 646. The van der Waals surface area contributed by atoms with Gasteiger partial charge in [-0.05, 0) is 30.2 Å². The number of carbonyl (C=O) groups excluding carboxylic acids is 1. The van der Waals surface area contributed by atoms with Crippen molar-refractivity contribution in [1.29, 1.82) is 0 Å². The smallest absolute Gasteiger partial charge is 0.319 e. The number of pyridine rings is 1. The average molecular weight is 315 g/mol. The summed E-state index contributed by atoms with van der Waals surface area (Å²) in [5.74, 6) is 1.18. The lowest BCUT2D eigenvalue weighted by Gasteiger charge is -2.12. The molecule has 1 heterocycles. The number of urea groups is 1. The molecule has 2 aromatic rings. The number of methoxy groups -OCH3 is 1. The molecule has 122 valence electrons.